The zero-order valence-electron chi connectivity index (χ0n) is 64.9. The fourth-order valence-electron chi connectivity index (χ4n) is 10.3. The number of rotatable bonds is 74. The highest BCUT2D eigenvalue weighted by Gasteiger charge is 2.30. The molecule has 0 amide bonds. The predicted octanol–water partition coefficient (Wildman–Crippen LogP) is 23.4. The molecule has 0 aromatic rings. The average molecular weight is 1500 g/mol. The molecule has 0 heterocycles. The van der Waals surface area contributed by atoms with Crippen LogP contribution in [0.3, 0.4) is 0 Å². The molecule has 0 saturated heterocycles. The molecule has 0 rings (SSSR count). The largest absolute Gasteiger partial charge is 0.472 e. The summed E-state index contributed by atoms with van der Waals surface area (Å²) in [5, 5.41) is 10.6. The molecule has 594 valence electrons. The smallest absolute Gasteiger partial charge is 0.462 e. The quantitative estimate of drug-likeness (QED) is 0.0169. The molecule has 0 aliphatic carbocycles. The van der Waals surface area contributed by atoms with Crippen LogP contribution < -0.4 is 0 Å². The zero-order valence-corrected chi connectivity index (χ0v) is 66.7. The third kappa shape index (κ3) is 75.2. The number of phosphoric acid groups is 2. The van der Waals surface area contributed by atoms with E-state index < -0.39 is 97.5 Å². The Balaban J connectivity index is 5.42. The van der Waals surface area contributed by atoms with Crippen LogP contribution in [0.15, 0.2) is 146 Å². The van der Waals surface area contributed by atoms with Crippen molar-refractivity contribution in [2.24, 2.45) is 0 Å². The van der Waals surface area contributed by atoms with Gasteiger partial charge < -0.3 is 33.8 Å². The summed E-state index contributed by atoms with van der Waals surface area (Å²) < 4.78 is 68.5. The number of allylic oxidation sites excluding steroid dienone is 24. The first-order chi connectivity index (χ1) is 50.7. The molecular formula is C85H142O17P2. The third-order valence-corrected chi connectivity index (χ3v) is 18.2. The second-order valence-corrected chi connectivity index (χ2v) is 29.2. The molecule has 3 N–H and O–H groups in total. The lowest BCUT2D eigenvalue weighted by molar-refractivity contribution is -0.161. The van der Waals surface area contributed by atoms with E-state index >= 15 is 0 Å². The van der Waals surface area contributed by atoms with E-state index in [1.807, 2.05) is 18.2 Å². The van der Waals surface area contributed by atoms with Gasteiger partial charge in [-0.2, -0.15) is 0 Å². The van der Waals surface area contributed by atoms with Crippen molar-refractivity contribution < 1.29 is 80.2 Å². The number of aliphatic hydroxyl groups excluding tert-OH is 1. The highest BCUT2D eigenvalue weighted by molar-refractivity contribution is 7.47. The summed E-state index contributed by atoms with van der Waals surface area (Å²) in [5.41, 5.74) is 0. The van der Waals surface area contributed by atoms with Gasteiger partial charge in [0.2, 0.25) is 0 Å². The van der Waals surface area contributed by atoms with Gasteiger partial charge in [0.1, 0.15) is 19.3 Å². The summed E-state index contributed by atoms with van der Waals surface area (Å²) >= 11 is 0. The van der Waals surface area contributed by atoms with Gasteiger partial charge in [-0.15, -0.1) is 0 Å². The first kappa shape index (κ1) is 98.9. The Morgan fingerprint density at radius 3 is 0.846 bits per heavy atom. The lowest BCUT2D eigenvalue weighted by Gasteiger charge is -2.21. The zero-order chi connectivity index (χ0) is 76.0. The van der Waals surface area contributed by atoms with Gasteiger partial charge in [0.25, 0.3) is 0 Å². The minimum atomic E-state index is -5.00. The monoisotopic (exact) mass is 1500 g/mol. The predicted molar refractivity (Wildman–Crippen MR) is 427 cm³/mol. The Hall–Kier alpha value is -5.06. The maximum Gasteiger partial charge on any atom is 0.472 e. The molecule has 104 heavy (non-hydrogen) atoms. The van der Waals surface area contributed by atoms with Crippen LogP contribution in [0, 0.1) is 0 Å². The number of hydrogen-bond acceptors (Lipinski definition) is 15. The lowest BCUT2D eigenvalue weighted by Crippen LogP contribution is -2.30. The fraction of sp³-hybridized carbons (Fsp3) is 0.671. The highest BCUT2D eigenvalue weighted by Crippen LogP contribution is 2.45. The van der Waals surface area contributed by atoms with Gasteiger partial charge in [-0.05, 0) is 135 Å². The molecule has 0 spiro atoms. The van der Waals surface area contributed by atoms with Crippen molar-refractivity contribution in [3.8, 4) is 0 Å². The number of hydrogen-bond donors (Lipinski definition) is 3. The van der Waals surface area contributed by atoms with Crippen LogP contribution in [-0.4, -0.2) is 96.7 Å². The van der Waals surface area contributed by atoms with Crippen molar-refractivity contribution in [1.29, 1.82) is 0 Å². The highest BCUT2D eigenvalue weighted by atomic mass is 31.2. The van der Waals surface area contributed by atoms with Gasteiger partial charge in [-0.1, -0.05) is 296 Å². The Morgan fingerprint density at radius 1 is 0.279 bits per heavy atom. The van der Waals surface area contributed by atoms with Crippen LogP contribution >= 0.6 is 15.6 Å². The second-order valence-electron chi connectivity index (χ2n) is 26.2. The summed E-state index contributed by atoms with van der Waals surface area (Å²) in [5.74, 6) is -2.32. The van der Waals surface area contributed by atoms with Gasteiger partial charge in [0.15, 0.2) is 12.2 Å². The molecule has 0 bridgehead atoms. The molecular weight excluding hydrogens is 1350 g/mol. The fourth-order valence-corrected chi connectivity index (χ4v) is 11.8. The van der Waals surface area contributed by atoms with E-state index in [0.717, 1.165) is 148 Å². The number of carbonyl (C=O) groups excluding carboxylic acids is 4. The summed E-state index contributed by atoms with van der Waals surface area (Å²) in [6.07, 6.45) is 87.0. The Kier molecular flexibility index (Phi) is 72.4. The van der Waals surface area contributed by atoms with Crippen molar-refractivity contribution in [1.82, 2.24) is 0 Å². The Bertz CT molecular complexity index is 2540. The second kappa shape index (κ2) is 76.1. The van der Waals surface area contributed by atoms with Gasteiger partial charge in [0.05, 0.1) is 26.4 Å². The Labute approximate surface area is 630 Å². The van der Waals surface area contributed by atoms with Crippen molar-refractivity contribution in [2.45, 2.75) is 329 Å². The standard InChI is InChI=1S/C85H142O17P2/c1-5-9-13-17-21-25-29-32-35-37-39-41-44-46-50-53-57-61-65-69-82(87)95-75-80(101-84(89)71-67-63-59-55-49-28-24-20-16-12-8-4)77-99-103(91,92)97-73-79(86)74-98-104(93,94)100-78-81(102-85(90)72-68-64-60-56-52-48-43-34-31-27-23-19-15-11-7-3)76-96-83(88)70-66-62-58-54-51-47-45-42-40-38-36-33-30-26-22-18-14-10-6-2/h9-10,13-14,21-22,25-26,32-36,39-43,46-47,50-51,57,61,79-81,86H,5-8,11-12,15-20,23-24,27-31,37-38,44-45,48-49,52-56,58-60,62-78H2,1-4H3,(H,91,92)(H,93,94)/b13-9-,14-10-,25-21-,26-22-,35-32-,36-33-,41-39-,42-40-,43-34-,50-46-,51-47-,61-57-. The summed E-state index contributed by atoms with van der Waals surface area (Å²) in [4.78, 5) is 72.9. The van der Waals surface area contributed by atoms with Gasteiger partial charge >= 0.3 is 39.5 Å². The molecule has 0 fully saturated rings. The van der Waals surface area contributed by atoms with Crippen molar-refractivity contribution in [3.63, 3.8) is 0 Å². The van der Waals surface area contributed by atoms with E-state index in [-0.39, 0.29) is 25.7 Å². The number of ether oxygens (including phenoxy) is 4. The first-order valence-electron chi connectivity index (χ1n) is 40.1. The van der Waals surface area contributed by atoms with E-state index in [0.29, 0.717) is 32.1 Å². The van der Waals surface area contributed by atoms with Gasteiger partial charge in [0, 0.05) is 25.7 Å². The minimum absolute atomic E-state index is 0.0339. The number of aliphatic hydroxyl groups is 1. The topological polar surface area (TPSA) is 237 Å². The van der Waals surface area contributed by atoms with Crippen LogP contribution in [-0.2, 0) is 65.4 Å². The van der Waals surface area contributed by atoms with Gasteiger partial charge in [-0.3, -0.25) is 37.3 Å². The van der Waals surface area contributed by atoms with Crippen LogP contribution in [0.5, 0.6) is 0 Å². The Morgan fingerprint density at radius 2 is 0.519 bits per heavy atom. The molecule has 0 aromatic carbocycles. The van der Waals surface area contributed by atoms with Gasteiger partial charge in [-0.25, -0.2) is 9.13 Å². The maximum atomic E-state index is 13.1. The molecule has 0 aliphatic rings. The van der Waals surface area contributed by atoms with Crippen LogP contribution in [0.2, 0.25) is 0 Å². The van der Waals surface area contributed by atoms with E-state index in [2.05, 4.69) is 155 Å². The number of esters is 4. The van der Waals surface area contributed by atoms with Crippen molar-refractivity contribution >= 4 is 39.5 Å². The maximum absolute atomic E-state index is 13.1. The molecule has 0 saturated carbocycles. The lowest BCUT2D eigenvalue weighted by atomic mass is 10.1. The normalized spacial score (nSPS) is 14.6. The number of phosphoric ester groups is 2. The summed E-state index contributed by atoms with van der Waals surface area (Å²) in [6.45, 7) is 4.51. The SMILES string of the molecule is CC/C=C\C/C=C\C/C=C\C/C=C\C/C=C\C/C=C\CCC(=O)OCC(COP(=O)(O)OCC(O)COP(=O)(O)OCC(COC(=O)CCCCC/C=C\C/C=C\C/C=C\C/C=C\C/C=C\CC)OC(=O)CCCCCCC/C=C\CCCCCCCC)OC(=O)CCCCCCCCCCCCC. The molecule has 17 nitrogen and oxygen atoms in total. The van der Waals surface area contributed by atoms with Crippen LogP contribution in [0.1, 0.15) is 310 Å². The number of carbonyl (C=O) groups is 4. The van der Waals surface area contributed by atoms with Crippen molar-refractivity contribution in [3.05, 3.63) is 146 Å². The molecule has 0 aliphatic heterocycles. The summed E-state index contributed by atoms with van der Waals surface area (Å²) in [7, 11) is -9.99. The average Bonchev–Trinajstić information content (AvgIpc) is 0.931. The molecule has 0 aromatic heterocycles. The van der Waals surface area contributed by atoms with E-state index in [4.69, 9.17) is 37.0 Å². The minimum Gasteiger partial charge on any atom is -0.462 e. The molecule has 19 heteroatoms. The van der Waals surface area contributed by atoms with Crippen molar-refractivity contribution in [2.75, 3.05) is 39.6 Å². The summed E-state index contributed by atoms with van der Waals surface area (Å²) in [6, 6.07) is 0. The first-order valence-corrected chi connectivity index (χ1v) is 43.1. The van der Waals surface area contributed by atoms with Crippen LogP contribution in [0.4, 0.5) is 0 Å². The number of unbranched alkanes of at least 4 members (excludes halogenated alkanes) is 24. The van der Waals surface area contributed by atoms with E-state index in [1.165, 1.54) is 77.0 Å². The molecule has 5 unspecified atom stereocenters. The van der Waals surface area contributed by atoms with Crippen LogP contribution in [0.25, 0.3) is 0 Å². The van der Waals surface area contributed by atoms with E-state index in [9.17, 15) is 43.2 Å². The van der Waals surface area contributed by atoms with E-state index in [1.54, 1.807) is 0 Å². The molecule has 5 atom stereocenters. The molecule has 0 radical (unpaired) electrons. The third-order valence-electron chi connectivity index (χ3n) is 16.3.